The van der Waals surface area contributed by atoms with Crippen molar-refractivity contribution in [2.24, 2.45) is 5.92 Å². The number of rotatable bonds is 12. The predicted molar refractivity (Wildman–Crippen MR) is 77.9 cm³/mol. The number of nitrogens with zero attached hydrogens (tertiary/aromatic N) is 2. The number of carbonyl (C=O) groups is 2. The fraction of sp³-hybridized carbons (Fsp3) is 0.857. The molecule has 1 atom stereocenters. The summed E-state index contributed by atoms with van der Waals surface area (Å²) >= 11 is 0. The van der Waals surface area contributed by atoms with Crippen LogP contribution >= 0.6 is 0 Å². The van der Waals surface area contributed by atoms with E-state index in [1.807, 2.05) is 0 Å². The number of carboxylic acids is 2. The van der Waals surface area contributed by atoms with Gasteiger partial charge in [0.1, 0.15) is 0 Å². The molecule has 0 rings (SSSR count). The highest BCUT2D eigenvalue weighted by molar-refractivity contribution is 5.69. The summed E-state index contributed by atoms with van der Waals surface area (Å²) < 4.78 is 0. The molecule has 0 heterocycles. The van der Waals surface area contributed by atoms with Gasteiger partial charge in [0.2, 0.25) is 0 Å². The summed E-state index contributed by atoms with van der Waals surface area (Å²) in [7, 11) is 0. The van der Waals surface area contributed by atoms with Gasteiger partial charge in [0, 0.05) is 26.1 Å². The van der Waals surface area contributed by atoms with E-state index in [4.69, 9.17) is 10.2 Å². The van der Waals surface area contributed by atoms with E-state index in [9.17, 15) is 9.59 Å². The highest BCUT2D eigenvalue weighted by Crippen LogP contribution is 2.04. The summed E-state index contributed by atoms with van der Waals surface area (Å²) in [5.74, 6) is -2.05. The quantitative estimate of drug-likeness (QED) is 0.562. The molecular formula is C14H28N2O4. The largest absolute Gasteiger partial charge is 0.481 e. The molecule has 20 heavy (non-hydrogen) atoms. The van der Waals surface area contributed by atoms with Crippen molar-refractivity contribution in [2.45, 2.75) is 33.6 Å². The van der Waals surface area contributed by atoms with E-state index in [1.165, 1.54) is 0 Å². The lowest BCUT2D eigenvalue weighted by Crippen LogP contribution is -2.39. The molecule has 0 aliphatic rings. The molecule has 6 heteroatoms. The first kappa shape index (κ1) is 18.9. The van der Waals surface area contributed by atoms with Gasteiger partial charge in [0.05, 0.1) is 5.92 Å². The SMILES string of the molecule is CCN(CC)CCN(CCCC(=O)O)CC(C)C(=O)O. The van der Waals surface area contributed by atoms with Crippen LogP contribution in [0.25, 0.3) is 0 Å². The molecule has 0 aromatic carbocycles. The smallest absolute Gasteiger partial charge is 0.307 e. The Labute approximate surface area is 121 Å². The van der Waals surface area contributed by atoms with Gasteiger partial charge in [-0.15, -0.1) is 0 Å². The normalized spacial score (nSPS) is 12.8. The summed E-state index contributed by atoms with van der Waals surface area (Å²) in [5.41, 5.74) is 0. The summed E-state index contributed by atoms with van der Waals surface area (Å²) in [5, 5.41) is 17.7. The maximum absolute atomic E-state index is 10.9. The third kappa shape index (κ3) is 8.87. The van der Waals surface area contributed by atoms with E-state index in [2.05, 4.69) is 23.6 Å². The van der Waals surface area contributed by atoms with Crippen molar-refractivity contribution in [1.29, 1.82) is 0 Å². The minimum atomic E-state index is -0.809. The van der Waals surface area contributed by atoms with Crippen LogP contribution in [0, 0.1) is 5.92 Å². The van der Waals surface area contributed by atoms with Gasteiger partial charge in [-0.3, -0.25) is 9.59 Å². The fourth-order valence-corrected chi connectivity index (χ4v) is 2.04. The van der Waals surface area contributed by atoms with E-state index < -0.39 is 17.9 Å². The lowest BCUT2D eigenvalue weighted by molar-refractivity contribution is -0.142. The number of hydrogen-bond acceptors (Lipinski definition) is 4. The van der Waals surface area contributed by atoms with Gasteiger partial charge < -0.3 is 20.0 Å². The third-order valence-corrected chi connectivity index (χ3v) is 3.45. The average molecular weight is 288 g/mol. The zero-order valence-corrected chi connectivity index (χ0v) is 12.8. The summed E-state index contributed by atoms with van der Waals surface area (Å²) in [6.45, 7) is 10.6. The van der Waals surface area contributed by atoms with Crippen LogP contribution in [0.2, 0.25) is 0 Å². The predicted octanol–water partition coefficient (Wildman–Crippen LogP) is 1.22. The van der Waals surface area contributed by atoms with Crippen molar-refractivity contribution >= 4 is 11.9 Å². The molecule has 0 saturated carbocycles. The van der Waals surface area contributed by atoms with Crippen molar-refractivity contribution in [3.05, 3.63) is 0 Å². The van der Waals surface area contributed by atoms with E-state index in [-0.39, 0.29) is 6.42 Å². The Morgan fingerprint density at radius 2 is 1.55 bits per heavy atom. The molecule has 0 bridgehead atoms. The van der Waals surface area contributed by atoms with Gasteiger partial charge in [-0.1, -0.05) is 20.8 Å². The van der Waals surface area contributed by atoms with Crippen molar-refractivity contribution in [3.63, 3.8) is 0 Å². The Kier molecular flexibility index (Phi) is 10.0. The second-order valence-corrected chi connectivity index (χ2v) is 5.06. The second-order valence-electron chi connectivity index (χ2n) is 5.06. The molecule has 0 saturated heterocycles. The zero-order valence-electron chi connectivity index (χ0n) is 12.8. The summed E-state index contributed by atoms with van der Waals surface area (Å²) in [6.07, 6.45) is 0.684. The first-order chi connectivity index (χ1) is 9.40. The molecule has 0 amide bonds. The molecule has 0 aromatic heterocycles. The molecule has 118 valence electrons. The summed E-state index contributed by atoms with van der Waals surface area (Å²) in [4.78, 5) is 25.8. The van der Waals surface area contributed by atoms with Crippen LogP contribution in [-0.4, -0.2) is 71.2 Å². The fourth-order valence-electron chi connectivity index (χ4n) is 2.04. The van der Waals surface area contributed by atoms with Gasteiger partial charge in [0.15, 0.2) is 0 Å². The van der Waals surface area contributed by atoms with E-state index in [1.54, 1.807) is 6.92 Å². The Bertz CT molecular complexity index is 293. The van der Waals surface area contributed by atoms with Crippen LogP contribution in [0.3, 0.4) is 0 Å². The second kappa shape index (κ2) is 10.6. The third-order valence-electron chi connectivity index (χ3n) is 3.45. The molecule has 0 spiro atoms. The Morgan fingerprint density at radius 3 is 2.00 bits per heavy atom. The maximum atomic E-state index is 10.9. The lowest BCUT2D eigenvalue weighted by atomic mass is 10.1. The molecule has 6 nitrogen and oxygen atoms in total. The molecular weight excluding hydrogens is 260 g/mol. The minimum Gasteiger partial charge on any atom is -0.481 e. The average Bonchev–Trinajstić information content (AvgIpc) is 2.38. The first-order valence-electron chi connectivity index (χ1n) is 7.29. The zero-order chi connectivity index (χ0) is 15.5. The van der Waals surface area contributed by atoms with Crippen LogP contribution in [0.5, 0.6) is 0 Å². The van der Waals surface area contributed by atoms with Crippen molar-refractivity contribution in [2.75, 3.05) is 39.3 Å². The molecule has 0 radical (unpaired) electrons. The minimum absolute atomic E-state index is 0.128. The number of carboxylic acid groups (broad SMARTS) is 2. The number of aliphatic carboxylic acids is 2. The van der Waals surface area contributed by atoms with Crippen LogP contribution < -0.4 is 0 Å². The highest BCUT2D eigenvalue weighted by Gasteiger charge is 2.16. The maximum Gasteiger partial charge on any atom is 0.307 e. The molecule has 0 aromatic rings. The number of likely N-dealkylation sites (N-methyl/N-ethyl adjacent to an activating group) is 1. The van der Waals surface area contributed by atoms with Gasteiger partial charge in [-0.25, -0.2) is 0 Å². The molecule has 1 unspecified atom stereocenters. The molecule has 0 fully saturated rings. The van der Waals surface area contributed by atoms with Crippen molar-refractivity contribution < 1.29 is 19.8 Å². The topological polar surface area (TPSA) is 81.1 Å². The summed E-state index contributed by atoms with van der Waals surface area (Å²) in [6, 6.07) is 0. The van der Waals surface area contributed by atoms with Crippen molar-refractivity contribution in [1.82, 2.24) is 9.80 Å². The van der Waals surface area contributed by atoms with Crippen LogP contribution in [0.15, 0.2) is 0 Å². The first-order valence-corrected chi connectivity index (χ1v) is 7.29. The highest BCUT2D eigenvalue weighted by atomic mass is 16.4. The van der Waals surface area contributed by atoms with Crippen LogP contribution in [-0.2, 0) is 9.59 Å². The number of hydrogen-bond donors (Lipinski definition) is 2. The van der Waals surface area contributed by atoms with E-state index in [0.29, 0.717) is 19.5 Å². The van der Waals surface area contributed by atoms with Crippen LogP contribution in [0.4, 0.5) is 0 Å². The van der Waals surface area contributed by atoms with E-state index >= 15 is 0 Å². The van der Waals surface area contributed by atoms with Crippen LogP contribution in [0.1, 0.15) is 33.6 Å². The Balaban J connectivity index is 4.29. The molecule has 0 aliphatic carbocycles. The lowest BCUT2D eigenvalue weighted by Gasteiger charge is -2.27. The molecule has 2 N–H and O–H groups in total. The monoisotopic (exact) mass is 288 g/mol. The van der Waals surface area contributed by atoms with Gasteiger partial charge >= 0.3 is 11.9 Å². The van der Waals surface area contributed by atoms with Gasteiger partial charge in [-0.05, 0) is 26.1 Å². The van der Waals surface area contributed by atoms with Crippen molar-refractivity contribution in [3.8, 4) is 0 Å². The van der Waals surface area contributed by atoms with Gasteiger partial charge in [0.25, 0.3) is 0 Å². The standard InChI is InChI=1S/C14H28N2O4/c1-4-15(5-2)9-10-16(8-6-7-13(17)18)11-12(3)14(19)20/h12H,4-11H2,1-3H3,(H,17,18)(H,19,20). The Hall–Kier alpha value is -1.14. The molecule has 0 aliphatic heterocycles. The van der Waals surface area contributed by atoms with Gasteiger partial charge in [-0.2, -0.15) is 0 Å². The Morgan fingerprint density at radius 1 is 1.00 bits per heavy atom. The van der Waals surface area contributed by atoms with E-state index in [0.717, 1.165) is 26.2 Å².